The summed E-state index contributed by atoms with van der Waals surface area (Å²) in [6.45, 7) is 43.7. The molecule has 0 spiro atoms. The van der Waals surface area contributed by atoms with E-state index < -0.39 is 0 Å². The van der Waals surface area contributed by atoms with Crippen LogP contribution in [0.5, 0.6) is 0 Å². The van der Waals surface area contributed by atoms with Crippen LogP contribution in [0.2, 0.25) is 0 Å². The summed E-state index contributed by atoms with van der Waals surface area (Å²) in [5, 5.41) is 8.97. The van der Waals surface area contributed by atoms with Crippen LogP contribution in [0.15, 0.2) is 176 Å². The van der Waals surface area contributed by atoms with Crippen LogP contribution in [0.4, 0.5) is 4.39 Å². The van der Waals surface area contributed by atoms with Crippen LogP contribution < -0.4 is 4.73 Å². The molecule has 8 rings (SSSR count). The zero-order valence-corrected chi connectivity index (χ0v) is 56.2. The predicted octanol–water partition coefficient (Wildman–Crippen LogP) is 24.8. The van der Waals surface area contributed by atoms with Gasteiger partial charge in [-0.1, -0.05) is 210 Å². The lowest BCUT2D eigenvalue weighted by molar-refractivity contribution is -0.904. The molecule has 0 unspecified atom stereocenters. The van der Waals surface area contributed by atoms with Gasteiger partial charge in [-0.2, -0.15) is 0 Å². The Kier molecular flexibility index (Phi) is 67.3. The Hall–Kier alpha value is -6.94. The third kappa shape index (κ3) is 62.5. The molecule has 1 N–H and O–H groups in total. The van der Waals surface area contributed by atoms with Gasteiger partial charge in [0.05, 0.1) is 12.5 Å². The molecular formula is C84H147FN7O2+. The Labute approximate surface area is 582 Å². The van der Waals surface area contributed by atoms with Crippen molar-refractivity contribution in [1.29, 1.82) is 0 Å². The molecule has 0 aromatic carbocycles. The highest BCUT2D eigenvalue weighted by atomic mass is 19.1. The van der Waals surface area contributed by atoms with E-state index in [-0.39, 0.29) is 72.7 Å². The smallest absolute Gasteiger partial charge is 0.222 e. The van der Waals surface area contributed by atoms with Crippen LogP contribution in [-0.2, 0) is 51.4 Å². The number of pyridine rings is 7. The second-order valence-corrected chi connectivity index (χ2v) is 26.8. The first-order valence-electron chi connectivity index (χ1n) is 30.8. The van der Waals surface area contributed by atoms with Crippen molar-refractivity contribution in [3.05, 3.63) is 234 Å². The van der Waals surface area contributed by atoms with Crippen LogP contribution in [0.25, 0.3) is 0 Å². The third-order valence-electron chi connectivity index (χ3n) is 11.6. The minimum Gasteiger partial charge on any atom is -0.469 e. The van der Waals surface area contributed by atoms with Gasteiger partial charge in [-0.15, -0.1) is 0 Å². The van der Waals surface area contributed by atoms with Crippen LogP contribution >= 0.6 is 0 Å². The van der Waals surface area contributed by atoms with Gasteiger partial charge >= 0.3 is 0 Å². The topological polar surface area (TPSA) is 115 Å². The third-order valence-corrected chi connectivity index (χ3v) is 11.6. The SMILES string of the molecule is C.C.C.C.C.C.C.C.C.CC(C)(C)Cc1cc[n+](O)cc1.CC(C)(C)Cc1ccccn1.CC(C)Cc1ccc(F)cn1.CC(C)Cc1cccnc1.CC(C)Cc1ccco1.CC(C)Cc1ccncc1.Cc1cc(CC(C)C)ccn1.Cc1ccc(CC(C)C)cn1. The molecule has 0 amide bonds. The van der Waals surface area contributed by atoms with Gasteiger partial charge in [0.2, 0.25) is 12.4 Å². The maximum Gasteiger partial charge on any atom is 0.222 e. The number of aromatic nitrogens is 7. The highest BCUT2D eigenvalue weighted by molar-refractivity contribution is 5.16. The standard InChI is InChI=1S/C10H16NO.3C10H15N.C9H12FN.2C9H13N.C8H12O.9CH4/c1-10(2,3)8-9-4-6-11(12)7-5-9;1-8(2)6-10-4-5-11-9(3)7-10;1-8(2)6-10-5-4-9(3)11-7-10;1-10(2,3)8-9-6-4-5-7-11-9;1-7(2)5-9-4-3-8(10)6-11-9;1-8(2)7-9-3-5-10-6-4-9;1-8(2)6-9-4-3-5-10-7-9;1-7(2)6-8-4-3-5-9-8;;;;;;;;;/h4-7,12H,8H2,1-3H3;2*4-5,7-8H,6H2,1-3H3;4-7H,8H2,1-3H3;3-4,6-7H,5H2,1-2H3;3-6,8H,7H2,1-2H3;3-5,7-8H,6H2,1-2H3;3-5,7H,6H2,1-2H3;9*1H4/q+1;;;;;;;;;;;;;;;;. The molecule has 8 heterocycles. The molecule has 94 heavy (non-hydrogen) atoms. The van der Waals surface area contributed by atoms with Crippen molar-refractivity contribution in [2.75, 3.05) is 0 Å². The lowest BCUT2D eigenvalue weighted by Crippen LogP contribution is -2.28. The van der Waals surface area contributed by atoms with Gasteiger partial charge in [0.1, 0.15) is 11.6 Å². The largest absolute Gasteiger partial charge is 0.469 e. The Morgan fingerprint density at radius 3 is 1.32 bits per heavy atom. The van der Waals surface area contributed by atoms with Crippen LogP contribution in [0.3, 0.4) is 0 Å². The molecule has 0 bridgehead atoms. The molecular weight excluding hydrogens is 1160 g/mol. The van der Waals surface area contributed by atoms with Gasteiger partial charge in [0.15, 0.2) is 0 Å². The fourth-order valence-electron chi connectivity index (χ4n) is 8.28. The van der Waals surface area contributed by atoms with E-state index >= 15 is 0 Å². The van der Waals surface area contributed by atoms with Gasteiger partial charge < -0.3 is 4.42 Å². The molecule has 0 aliphatic carbocycles. The molecule has 0 radical (unpaired) electrons. The number of nitrogens with zero attached hydrogens (tertiary/aromatic N) is 7. The van der Waals surface area contributed by atoms with Gasteiger partial charge in [-0.25, -0.2) is 4.39 Å². The molecule has 0 aliphatic heterocycles. The normalized spacial score (nSPS) is 9.73. The van der Waals surface area contributed by atoms with Gasteiger partial charge in [-0.05, 0) is 206 Å². The summed E-state index contributed by atoms with van der Waals surface area (Å²) in [5.74, 6) is 5.01. The average molecular weight is 1310 g/mol. The fourth-order valence-corrected chi connectivity index (χ4v) is 8.28. The molecule has 10 heteroatoms. The molecule has 0 atom stereocenters. The van der Waals surface area contributed by atoms with Gasteiger partial charge in [0, 0.05) is 89.4 Å². The van der Waals surface area contributed by atoms with E-state index in [9.17, 15) is 4.39 Å². The van der Waals surface area contributed by atoms with Crippen molar-refractivity contribution in [3.8, 4) is 0 Å². The van der Waals surface area contributed by atoms with Crippen molar-refractivity contribution in [3.63, 3.8) is 0 Å². The molecule has 8 aromatic heterocycles. The summed E-state index contributed by atoms with van der Waals surface area (Å²) in [7, 11) is 0. The summed E-state index contributed by atoms with van der Waals surface area (Å²) >= 11 is 0. The van der Waals surface area contributed by atoms with E-state index in [2.05, 4.69) is 203 Å². The van der Waals surface area contributed by atoms with Crippen LogP contribution in [0.1, 0.15) is 248 Å². The van der Waals surface area contributed by atoms with Crippen molar-refractivity contribution >= 4 is 0 Å². The number of aryl methyl sites for hydroxylation is 2. The number of rotatable bonds is 14. The second-order valence-electron chi connectivity index (χ2n) is 26.8. The summed E-state index contributed by atoms with van der Waals surface area (Å²) in [6.07, 6.45) is 28.0. The Bertz CT molecular complexity index is 2710. The highest BCUT2D eigenvalue weighted by Crippen LogP contribution is 2.20. The minimum absolute atomic E-state index is 0. The number of hydrogen-bond acceptors (Lipinski definition) is 8. The Morgan fingerprint density at radius 2 is 0.904 bits per heavy atom. The van der Waals surface area contributed by atoms with Crippen molar-refractivity contribution in [1.82, 2.24) is 29.9 Å². The van der Waals surface area contributed by atoms with E-state index in [1.54, 1.807) is 24.7 Å². The zero-order valence-electron chi connectivity index (χ0n) is 56.2. The fraction of sp³-hybridized carbons (Fsp3) is 0.536. The van der Waals surface area contributed by atoms with E-state index in [1.807, 2.05) is 99.7 Å². The lowest BCUT2D eigenvalue weighted by Gasteiger charge is -2.16. The molecule has 8 aromatic rings. The average Bonchev–Trinajstić information content (AvgIpc) is 1.41. The van der Waals surface area contributed by atoms with Crippen LogP contribution in [0, 0.1) is 66.0 Å². The molecule has 0 fully saturated rings. The molecule has 0 saturated heterocycles. The first-order valence-corrected chi connectivity index (χ1v) is 30.8. The summed E-state index contributed by atoms with van der Waals surface area (Å²) in [6, 6.07) is 33.8. The molecule has 0 saturated carbocycles. The maximum atomic E-state index is 12.4. The summed E-state index contributed by atoms with van der Waals surface area (Å²) in [4.78, 5) is 24.6. The first kappa shape index (κ1) is 106. The number of hydrogen-bond donors (Lipinski definition) is 1. The zero-order chi connectivity index (χ0) is 63.8. The maximum absolute atomic E-state index is 12.4. The monoisotopic (exact) mass is 1310 g/mol. The van der Waals surface area contributed by atoms with Crippen molar-refractivity contribution in [2.45, 2.75) is 257 Å². The van der Waals surface area contributed by atoms with Crippen molar-refractivity contribution < 1.29 is 18.7 Å². The highest BCUT2D eigenvalue weighted by Gasteiger charge is 2.13. The van der Waals surface area contributed by atoms with Gasteiger partial charge in [0.25, 0.3) is 0 Å². The predicted molar refractivity (Wildman–Crippen MR) is 416 cm³/mol. The van der Waals surface area contributed by atoms with E-state index in [4.69, 9.17) is 9.62 Å². The van der Waals surface area contributed by atoms with E-state index in [1.165, 1.54) is 45.8 Å². The molecule has 0 aliphatic rings. The number of halogens is 1. The van der Waals surface area contributed by atoms with E-state index in [0.717, 1.165) is 103 Å². The molecule has 536 valence electrons. The minimum atomic E-state index is -0.266. The first-order chi connectivity index (χ1) is 40.0. The Balaban J connectivity index is -0.000000124. The Morgan fingerprint density at radius 1 is 0.394 bits per heavy atom. The second kappa shape index (κ2) is 59.8. The van der Waals surface area contributed by atoms with E-state index in [0.29, 0.717) is 22.7 Å². The molecule has 9 nitrogen and oxygen atoms in total. The lowest BCUT2D eigenvalue weighted by atomic mass is 9.89. The van der Waals surface area contributed by atoms with Crippen molar-refractivity contribution in [2.24, 2.45) is 46.3 Å². The quantitative estimate of drug-likeness (QED) is 0.0846. The van der Waals surface area contributed by atoms with Gasteiger partial charge in [-0.3, -0.25) is 35.1 Å². The van der Waals surface area contributed by atoms with Crippen LogP contribution in [-0.4, -0.2) is 35.1 Å². The number of furan rings is 1. The summed E-state index contributed by atoms with van der Waals surface area (Å²) in [5.41, 5.74) is 11.7. The summed E-state index contributed by atoms with van der Waals surface area (Å²) < 4.78 is 18.6.